The van der Waals surface area contributed by atoms with E-state index in [0.717, 1.165) is 32.0 Å². The summed E-state index contributed by atoms with van der Waals surface area (Å²) in [5.41, 5.74) is 0. The Morgan fingerprint density at radius 1 is 1.27 bits per heavy atom. The van der Waals surface area contributed by atoms with Crippen molar-refractivity contribution in [3.05, 3.63) is 11.7 Å². The van der Waals surface area contributed by atoms with Crippen molar-refractivity contribution in [3.63, 3.8) is 0 Å². The molecule has 3 rings (SSSR count). The van der Waals surface area contributed by atoms with E-state index in [1.807, 2.05) is 0 Å². The molecule has 1 aromatic heterocycles. The molecule has 0 aromatic carbocycles. The van der Waals surface area contributed by atoms with Gasteiger partial charge in [0.05, 0.1) is 11.8 Å². The zero-order valence-electron chi connectivity index (χ0n) is 13.2. The summed E-state index contributed by atoms with van der Waals surface area (Å²) < 4.78 is 27.9. The highest BCUT2D eigenvalue weighted by atomic mass is 32.2. The van der Waals surface area contributed by atoms with E-state index in [9.17, 15) is 8.42 Å². The second kappa shape index (κ2) is 6.25. The third kappa shape index (κ3) is 4.05. The van der Waals surface area contributed by atoms with Crippen LogP contribution in [0.1, 0.15) is 43.4 Å². The predicted octanol–water partition coefficient (Wildman–Crippen LogP) is 0.670. The molecule has 2 heterocycles. The summed E-state index contributed by atoms with van der Waals surface area (Å²) >= 11 is 0. The summed E-state index contributed by atoms with van der Waals surface area (Å²) in [6.07, 6.45) is 3.64. The van der Waals surface area contributed by atoms with Crippen LogP contribution in [0, 0.1) is 0 Å². The third-order valence-corrected chi connectivity index (χ3v) is 5.41. The first-order valence-corrected chi connectivity index (χ1v) is 9.96. The van der Waals surface area contributed by atoms with Crippen LogP contribution >= 0.6 is 0 Å². The van der Waals surface area contributed by atoms with Gasteiger partial charge in [0.1, 0.15) is 9.84 Å². The van der Waals surface area contributed by atoms with E-state index >= 15 is 0 Å². The minimum atomic E-state index is -2.88. The Morgan fingerprint density at radius 2 is 1.95 bits per heavy atom. The second-order valence-electron chi connectivity index (χ2n) is 6.45. The maximum atomic E-state index is 11.2. The molecule has 1 saturated heterocycles. The molecule has 2 aliphatic rings. The third-order valence-electron chi connectivity index (χ3n) is 4.49. The maximum Gasteiger partial charge on any atom is 0.243 e. The van der Waals surface area contributed by atoms with Gasteiger partial charge in [0.2, 0.25) is 5.89 Å². The molecule has 0 amide bonds. The van der Waals surface area contributed by atoms with Crippen LogP contribution < -0.4 is 0 Å². The van der Waals surface area contributed by atoms with E-state index in [0.29, 0.717) is 18.4 Å². The van der Waals surface area contributed by atoms with Gasteiger partial charge >= 0.3 is 0 Å². The first-order chi connectivity index (χ1) is 10.4. The molecule has 1 atom stereocenters. The zero-order valence-corrected chi connectivity index (χ0v) is 14.0. The van der Waals surface area contributed by atoms with Crippen LogP contribution in [0.15, 0.2) is 4.52 Å². The average Bonchev–Trinajstić information content (AvgIpc) is 3.22. The second-order valence-corrected chi connectivity index (χ2v) is 8.71. The van der Waals surface area contributed by atoms with Crippen molar-refractivity contribution in [2.24, 2.45) is 0 Å². The standard InChI is InChI=1S/C14H24N4O3S/c1-11(14-15-13(16-21-14)12-3-4-12)18-7-5-17(6-8-18)9-10-22(2,19)20/h11-12H,3-10H2,1-2H3/t11-/m1/s1. The van der Waals surface area contributed by atoms with E-state index < -0.39 is 9.84 Å². The Balaban J connectivity index is 1.49. The van der Waals surface area contributed by atoms with Crippen molar-refractivity contribution in [1.29, 1.82) is 0 Å². The molecule has 8 heteroatoms. The summed E-state index contributed by atoms with van der Waals surface area (Å²) in [6.45, 7) is 6.26. The summed E-state index contributed by atoms with van der Waals surface area (Å²) in [5.74, 6) is 2.30. The van der Waals surface area contributed by atoms with Crippen molar-refractivity contribution in [2.45, 2.75) is 31.7 Å². The molecule has 1 aliphatic carbocycles. The van der Waals surface area contributed by atoms with E-state index in [1.165, 1.54) is 19.1 Å². The normalized spacial score (nSPS) is 22.8. The molecule has 124 valence electrons. The number of aromatic nitrogens is 2. The van der Waals surface area contributed by atoms with Gasteiger partial charge in [0, 0.05) is 44.9 Å². The van der Waals surface area contributed by atoms with Gasteiger partial charge in [-0.1, -0.05) is 5.16 Å². The number of hydrogen-bond acceptors (Lipinski definition) is 7. The number of hydrogen-bond donors (Lipinski definition) is 0. The molecular weight excluding hydrogens is 304 g/mol. The van der Waals surface area contributed by atoms with Gasteiger partial charge in [-0.2, -0.15) is 4.98 Å². The maximum absolute atomic E-state index is 11.2. The van der Waals surface area contributed by atoms with Gasteiger partial charge < -0.3 is 4.52 Å². The molecule has 0 spiro atoms. The number of nitrogens with zero attached hydrogens (tertiary/aromatic N) is 4. The lowest BCUT2D eigenvalue weighted by molar-refractivity contribution is 0.0917. The first kappa shape index (κ1) is 15.9. The van der Waals surface area contributed by atoms with Crippen LogP contribution in [0.4, 0.5) is 0 Å². The van der Waals surface area contributed by atoms with E-state index in [4.69, 9.17) is 4.52 Å². The van der Waals surface area contributed by atoms with Crippen LogP contribution in [0.25, 0.3) is 0 Å². The fourth-order valence-electron chi connectivity index (χ4n) is 2.75. The lowest BCUT2D eigenvalue weighted by Crippen LogP contribution is -2.48. The number of piperazine rings is 1. The summed E-state index contributed by atoms with van der Waals surface area (Å²) in [4.78, 5) is 9.05. The molecule has 0 bridgehead atoms. The molecular formula is C14H24N4O3S. The molecule has 22 heavy (non-hydrogen) atoms. The van der Waals surface area contributed by atoms with E-state index in [1.54, 1.807) is 0 Å². The lowest BCUT2D eigenvalue weighted by Gasteiger charge is -2.36. The van der Waals surface area contributed by atoms with Gasteiger partial charge in [-0.3, -0.25) is 9.80 Å². The highest BCUT2D eigenvalue weighted by Gasteiger charge is 2.31. The van der Waals surface area contributed by atoms with Crippen LogP contribution in [-0.2, 0) is 9.84 Å². The predicted molar refractivity (Wildman–Crippen MR) is 82.4 cm³/mol. The Labute approximate surface area is 131 Å². The van der Waals surface area contributed by atoms with Gasteiger partial charge in [0.15, 0.2) is 5.82 Å². The monoisotopic (exact) mass is 328 g/mol. The van der Waals surface area contributed by atoms with Crippen molar-refractivity contribution >= 4 is 9.84 Å². The molecule has 1 aromatic rings. The Bertz CT molecular complexity index is 603. The first-order valence-electron chi connectivity index (χ1n) is 7.90. The quantitative estimate of drug-likeness (QED) is 0.759. The summed E-state index contributed by atoms with van der Waals surface area (Å²) in [5, 5.41) is 4.08. The Morgan fingerprint density at radius 3 is 2.55 bits per heavy atom. The van der Waals surface area contributed by atoms with Gasteiger partial charge in [0.25, 0.3) is 0 Å². The van der Waals surface area contributed by atoms with Gasteiger partial charge in [-0.15, -0.1) is 0 Å². The summed E-state index contributed by atoms with van der Waals surface area (Å²) in [6, 6.07) is 0.122. The molecule has 1 aliphatic heterocycles. The smallest absolute Gasteiger partial charge is 0.243 e. The Hall–Kier alpha value is -0.990. The lowest BCUT2D eigenvalue weighted by atomic mass is 10.2. The number of sulfone groups is 1. The largest absolute Gasteiger partial charge is 0.338 e. The SMILES string of the molecule is C[C@H](c1nc(C2CC2)no1)N1CCN(CCS(C)(=O)=O)CC1. The minimum Gasteiger partial charge on any atom is -0.338 e. The van der Waals surface area contributed by atoms with Crippen molar-refractivity contribution in [3.8, 4) is 0 Å². The van der Waals surface area contributed by atoms with Crippen LogP contribution in [0.3, 0.4) is 0 Å². The molecule has 7 nitrogen and oxygen atoms in total. The topological polar surface area (TPSA) is 79.5 Å². The summed E-state index contributed by atoms with van der Waals surface area (Å²) in [7, 11) is -2.88. The van der Waals surface area contributed by atoms with Crippen molar-refractivity contribution < 1.29 is 12.9 Å². The molecule has 1 saturated carbocycles. The van der Waals surface area contributed by atoms with E-state index in [2.05, 4.69) is 26.9 Å². The molecule has 2 fully saturated rings. The van der Waals surface area contributed by atoms with E-state index in [-0.39, 0.29) is 11.8 Å². The van der Waals surface area contributed by atoms with Gasteiger partial charge in [-0.05, 0) is 19.8 Å². The van der Waals surface area contributed by atoms with Gasteiger partial charge in [-0.25, -0.2) is 8.42 Å². The Kier molecular flexibility index (Phi) is 4.52. The van der Waals surface area contributed by atoms with Crippen LogP contribution in [0.2, 0.25) is 0 Å². The van der Waals surface area contributed by atoms with Crippen molar-refractivity contribution in [1.82, 2.24) is 19.9 Å². The highest BCUT2D eigenvalue weighted by Crippen LogP contribution is 2.38. The van der Waals surface area contributed by atoms with Crippen LogP contribution in [-0.4, -0.2) is 73.1 Å². The number of rotatable bonds is 6. The average molecular weight is 328 g/mol. The minimum absolute atomic E-state index is 0.122. The zero-order chi connectivity index (χ0) is 15.7. The molecule has 0 N–H and O–H groups in total. The fourth-order valence-corrected chi connectivity index (χ4v) is 3.34. The van der Waals surface area contributed by atoms with Crippen molar-refractivity contribution in [2.75, 3.05) is 44.7 Å². The van der Waals surface area contributed by atoms with Crippen LogP contribution in [0.5, 0.6) is 0 Å². The molecule has 0 unspecified atom stereocenters. The fraction of sp³-hybridized carbons (Fsp3) is 0.857. The highest BCUT2D eigenvalue weighted by molar-refractivity contribution is 7.90. The molecule has 0 radical (unpaired) electrons.